The summed E-state index contributed by atoms with van der Waals surface area (Å²) in [5.41, 5.74) is 5.15. The van der Waals surface area contributed by atoms with Gasteiger partial charge in [-0.15, -0.1) is 11.3 Å². The molecule has 5 heteroatoms. The maximum atomic E-state index is 6.03. The van der Waals surface area contributed by atoms with Crippen molar-refractivity contribution in [3.8, 4) is 10.6 Å². The van der Waals surface area contributed by atoms with Gasteiger partial charge in [-0.1, -0.05) is 35.3 Å². The molecule has 0 atom stereocenters. The van der Waals surface area contributed by atoms with Gasteiger partial charge < -0.3 is 0 Å². The SMILES string of the molecule is Cc1ccc2sc(-c3ccc(N=Cc4ccc(Cl)c(Cl)c4)cc3)nc2c1. The van der Waals surface area contributed by atoms with Gasteiger partial charge in [-0.05, 0) is 66.6 Å². The summed E-state index contributed by atoms with van der Waals surface area (Å²) >= 11 is 13.7. The minimum Gasteiger partial charge on any atom is -0.256 e. The van der Waals surface area contributed by atoms with Crippen LogP contribution in [0, 0.1) is 6.92 Å². The molecule has 4 aromatic rings. The van der Waals surface area contributed by atoms with Gasteiger partial charge in [0.25, 0.3) is 0 Å². The van der Waals surface area contributed by atoms with Gasteiger partial charge in [0, 0.05) is 11.8 Å². The number of benzene rings is 3. The average Bonchev–Trinajstić information content (AvgIpc) is 3.06. The highest BCUT2D eigenvalue weighted by molar-refractivity contribution is 7.21. The summed E-state index contributed by atoms with van der Waals surface area (Å²) in [4.78, 5) is 9.23. The minimum atomic E-state index is 0.525. The van der Waals surface area contributed by atoms with Crippen LogP contribution in [-0.4, -0.2) is 11.2 Å². The van der Waals surface area contributed by atoms with Crippen LogP contribution < -0.4 is 0 Å². The van der Waals surface area contributed by atoms with E-state index >= 15 is 0 Å². The zero-order valence-electron chi connectivity index (χ0n) is 13.9. The van der Waals surface area contributed by atoms with Crippen LogP contribution in [0.5, 0.6) is 0 Å². The Labute approximate surface area is 165 Å². The molecule has 0 spiro atoms. The van der Waals surface area contributed by atoms with E-state index < -0.39 is 0 Å². The molecule has 0 amide bonds. The Kier molecular flexibility index (Phi) is 4.77. The molecule has 0 unspecified atom stereocenters. The zero-order chi connectivity index (χ0) is 18.1. The highest BCUT2D eigenvalue weighted by Crippen LogP contribution is 2.31. The molecule has 0 N–H and O–H groups in total. The third-order valence-electron chi connectivity index (χ3n) is 3.96. The topological polar surface area (TPSA) is 25.2 Å². The molecular formula is C21H14Cl2N2S. The van der Waals surface area contributed by atoms with Crippen molar-refractivity contribution in [2.45, 2.75) is 6.92 Å². The molecule has 128 valence electrons. The molecular weight excluding hydrogens is 383 g/mol. The minimum absolute atomic E-state index is 0.525. The summed E-state index contributed by atoms with van der Waals surface area (Å²) in [6.45, 7) is 2.08. The van der Waals surface area contributed by atoms with Gasteiger partial charge >= 0.3 is 0 Å². The van der Waals surface area contributed by atoms with E-state index in [4.69, 9.17) is 28.2 Å². The third kappa shape index (κ3) is 3.65. The van der Waals surface area contributed by atoms with Gasteiger partial charge in [-0.3, -0.25) is 4.99 Å². The number of hydrogen-bond acceptors (Lipinski definition) is 3. The van der Waals surface area contributed by atoms with Gasteiger partial charge in [0.1, 0.15) is 5.01 Å². The van der Waals surface area contributed by atoms with Gasteiger partial charge in [-0.2, -0.15) is 0 Å². The molecule has 0 aliphatic heterocycles. The highest BCUT2D eigenvalue weighted by Gasteiger charge is 2.06. The quantitative estimate of drug-likeness (QED) is 0.332. The van der Waals surface area contributed by atoms with Gasteiger partial charge in [-0.25, -0.2) is 4.98 Å². The van der Waals surface area contributed by atoms with Crippen LogP contribution >= 0.6 is 34.5 Å². The number of halogens is 2. The summed E-state index contributed by atoms with van der Waals surface area (Å²) in [5, 5.41) is 2.09. The number of aliphatic imine (C=N–C) groups is 1. The van der Waals surface area contributed by atoms with E-state index in [-0.39, 0.29) is 0 Å². The van der Waals surface area contributed by atoms with E-state index in [2.05, 4.69) is 30.1 Å². The van der Waals surface area contributed by atoms with Crippen LogP contribution in [0.1, 0.15) is 11.1 Å². The molecule has 26 heavy (non-hydrogen) atoms. The van der Waals surface area contributed by atoms with Gasteiger partial charge in [0.15, 0.2) is 0 Å². The Hall–Kier alpha value is -2.20. The molecule has 1 aromatic heterocycles. The molecule has 3 aromatic carbocycles. The van der Waals surface area contributed by atoms with Crippen LogP contribution in [0.4, 0.5) is 5.69 Å². The summed E-state index contributed by atoms with van der Waals surface area (Å²) in [7, 11) is 0. The highest BCUT2D eigenvalue weighted by atomic mass is 35.5. The molecule has 0 fully saturated rings. The van der Waals surface area contributed by atoms with Crippen molar-refractivity contribution in [1.29, 1.82) is 0 Å². The van der Waals surface area contributed by atoms with E-state index in [0.717, 1.165) is 27.3 Å². The summed E-state index contributed by atoms with van der Waals surface area (Å²) in [5.74, 6) is 0. The van der Waals surface area contributed by atoms with Crippen molar-refractivity contribution in [2.24, 2.45) is 4.99 Å². The summed E-state index contributed by atoms with van der Waals surface area (Å²) in [6, 6.07) is 19.9. The number of nitrogens with zero attached hydrogens (tertiary/aromatic N) is 2. The predicted octanol–water partition coefficient (Wildman–Crippen LogP) is 7.33. The standard InChI is InChI=1S/C21H14Cl2N2S/c1-13-2-9-20-19(10-13)25-21(26-20)15-4-6-16(7-5-15)24-12-14-3-8-17(22)18(23)11-14/h2-12H,1H3. The smallest absolute Gasteiger partial charge is 0.124 e. The molecule has 0 bridgehead atoms. The van der Waals surface area contributed by atoms with Gasteiger partial charge in [0.2, 0.25) is 0 Å². The molecule has 0 saturated carbocycles. The maximum Gasteiger partial charge on any atom is 0.124 e. The van der Waals surface area contributed by atoms with Crippen LogP contribution in [0.25, 0.3) is 20.8 Å². The molecule has 1 heterocycles. The second kappa shape index (κ2) is 7.20. The average molecular weight is 397 g/mol. The summed E-state index contributed by atoms with van der Waals surface area (Å²) in [6.07, 6.45) is 1.78. The molecule has 0 aliphatic rings. The monoisotopic (exact) mass is 396 g/mol. The van der Waals surface area contributed by atoms with E-state index in [1.165, 1.54) is 10.3 Å². The molecule has 0 radical (unpaired) electrons. The third-order valence-corrected chi connectivity index (χ3v) is 5.79. The second-order valence-corrected chi connectivity index (χ2v) is 7.81. The van der Waals surface area contributed by atoms with Crippen LogP contribution in [0.3, 0.4) is 0 Å². The van der Waals surface area contributed by atoms with Crippen molar-refractivity contribution < 1.29 is 0 Å². The second-order valence-electron chi connectivity index (χ2n) is 5.97. The van der Waals surface area contributed by atoms with E-state index in [0.29, 0.717) is 10.0 Å². The van der Waals surface area contributed by atoms with E-state index in [1.54, 1.807) is 29.7 Å². The number of aryl methyl sites for hydroxylation is 1. The Balaban J connectivity index is 1.57. The van der Waals surface area contributed by atoms with Crippen molar-refractivity contribution >= 4 is 56.7 Å². The fraction of sp³-hybridized carbons (Fsp3) is 0.0476. The molecule has 0 aliphatic carbocycles. The van der Waals surface area contributed by atoms with E-state index in [9.17, 15) is 0 Å². The predicted molar refractivity (Wildman–Crippen MR) is 114 cm³/mol. The van der Waals surface area contributed by atoms with Crippen molar-refractivity contribution in [2.75, 3.05) is 0 Å². The fourth-order valence-corrected chi connectivity index (χ4v) is 3.85. The first kappa shape index (κ1) is 17.2. The number of fused-ring (bicyclic) bond motifs is 1. The number of rotatable bonds is 3. The van der Waals surface area contributed by atoms with Crippen LogP contribution in [0.2, 0.25) is 10.0 Å². The maximum absolute atomic E-state index is 6.03. The number of aromatic nitrogens is 1. The molecule has 2 nitrogen and oxygen atoms in total. The Morgan fingerprint density at radius 2 is 1.73 bits per heavy atom. The lowest BCUT2D eigenvalue weighted by molar-refractivity contribution is 1.43. The lowest BCUT2D eigenvalue weighted by atomic mass is 10.2. The number of thiazole rings is 1. The Bertz CT molecular complexity index is 1110. The lowest BCUT2D eigenvalue weighted by Crippen LogP contribution is -1.81. The van der Waals surface area contributed by atoms with Crippen molar-refractivity contribution in [3.63, 3.8) is 0 Å². The summed E-state index contributed by atoms with van der Waals surface area (Å²) < 4.78 is 1.20. The first-order valence-corrected chi connectivity index (χ1v) is 9.62. The van der Waals surface area contributed by atoms with Crippen LogP contribution in [-0.2, 0) is 0 Å². The van der Waals surface area contributed by atoms with Crippen molar-refractivity contribution in [3.05, 3.63) is 81.8 Å². The van der Waals surface area contributed by atoms with Crippen molar-refractivity contribution in [1.82, 2.24) is 4.98 Å². The lowest BCUT2D eigenvalue weighted by Gasteiger charge is -1.99. The zero-order valence-corrected chi connectivity index (χ0v) is 16.2. The largest absolute Gasteiger partial charge is 0.256 e. The Morgan fingerprint density at radius 1 is 0.923 bits per heavy atom. The van der Waals surface area contributed by atoms with E-state index in [1.807, 2.05) is 30.3 Å². The normalized spacial score (nSPS) is 11.5. The first-order valence-electron chi connectivity index (χ1n) is 8.05. The Morgan fingerprint density at radius 3 is 2.50 bits per heavy atom. The molecule has 4 rings (SSSR count). The first-order chi connectivity index (χ1) is 12.6. The number of hydrogen-bond donors (Lipinski definition) is 0. The molecule has 0 saturated heterocycles. The van der Waals surface area contributed by atoms with Gasteiger partial charge in [0.05, 0.1) is 25.9 Å². The fourth-order valence-electron chi connectivity index (χ4n) is 2.59. The van der Waals surface area contributed by atoms with Crippen LogP contribution in [0.15, 0.2) is 65.7 Å².